The van der Waals surface area contributed by atoms with Crippen LogP contribution in [0.2, 0.25) is 5.02 Å². The molecule has 19 heavy (non-hydrogen) atoms. The van der Waals surface area contributed by atoms with Crippen molar-refractivity contribution in [1.82, 2.24) is 10.2 Å². The monoisotopic (exact) mass is 284 g/mol. The van der Waals surface area contributed by atoms with Crippen LogP contribution in [0.3, 0.4) is 0 Å². The number of rotatable bonds is 4. The van der Waals surface area contributed by atoms with Crippen LogP contribution in [0.1, 0.15) is 31.4 Å². The Bertz CT molecular complexity index is 419. The highest BCUT2D eigenvalue weighted by atomic mass is 35.5. The minimum absolute atomic E-state index is 0.208. The first kappa shape index (κ1) is 14.8. The summed E-state index contributed by atoms with van der Waals surface area (Å²) in [5, 5.41) is 3.59. The number of piperidine rings is 1. The van der Waals surface area contributed by atoms with Crippen molar-refractivity contribution in [1.29, 1.82) is 0 Å². The summed E-state index contributed by atoms with van der Waals surface area (Å²) in [6.45, 7) is 5.47. The summed E-state index contributed by atoms with van der Waals surface area (Å²) in [5.74, 6) is 0.406. The van der Waals surface area contributed by atoms with Crippen molar-refractivity contribution in [2.45, 2.75) is 25.8 Å². The molecule has 1 heterocycles. The Labute approximate surface area is 119 Å². The average Bonchev–Trinajstić information content (AvgIpc) is 2.42. The molecule has 1 aliphatic rings. The molecule has 4 heteroatoms. The topological polar surface area (TPSA) is 15.3 Å². The lowest BCUT2D eigenvalue weighted by atomic mass is 9.96. The van der Waals surface area contributed by atoms with E-state index in [1.165, 1.54) is 18.9 Å². The van der Waals surface area contributed by atoms with E-state index in [0.29, 0.717) is 0 Å². The number of nitrogens with one attached hydrogen (secondary N) is 1. The highest BCUT2D eigenvalue weighted by Gasteiger charge is 2.19. The van der Waals surface area contributed by atoms with Gasteiger partial charge in [0.05, 0.1) is 5.02 Å². The third-order valence-corrected chi connectivity index (χ3v) is 4.38. The molecule has 2 rings (SSSR count). The molecule has 0 radical (unpaired) electrons. The van der Waals surface area contributed by atoms with Gasteiger partial charge in [-0.1, -0.05) is 17.7 Å². The number of benzene rings is 1. The highest BCUT2D eigenvalue weighted by molar-refractivity contribution is 6.30. The van der Waals surface area contributed by atoms with Crippen LogP contribution in [0.25, 0.3) is 0 Å². The van der Waals surface area contributed by atoms with Crippen molar-refractivity contribution in [3.8, 4) is 0 Å². The van der Waals surface area contributed by atoms with E-state index >= 15 is 0 Å². The first-order valence-electron chi connectivity index (χ1n) is 6.94. The molecular weight excluding hydrogens is 263 g/mol. The average molecular weight is 285 g/mol. The number of nitrogens with zero attached hydrogens (tertiary/aromatic N) is 1. The smallest absolute Gasteiger partial charge is 0.141 e. The second-order valence-electron chi connectivity index (χ2n) is 5.48. The van der Waals surface area contributed by atoms with Crippen molar-refractivity contribution >= 4 is 11.6 Å². The summed E-state index contributed by atoms with van der Waals surface area (Å²) in [5.41, 5.74) is 1.07. The van der Waals surface area contributed by atoms with E-state index in [9.17, 15) is 4.39 Å². The van der Waals surface area contributed by atoms with Gasteiger partial charge in [-0.25, -0.2) is 4.39 Å². The molecule has 1 aliphatic heterocycles. The Morgan fingerprint density at radius 2 is 2.11 bits per heavy atom. The zero-order valence-electron chi connectivity index (χ0n) is 11.6. The molecule has 1 saturated heterocycles. The fraction of sp³-hybridized carbons (Fsp3) is 0.600. The van der Waals surface area contributed by atoms with E-state index in [1.54, 1.807) is 6.07 Å². The van der Waals surface area contributed by atoms with Gasteiger partial charge in [0.15, 0.2) is 0 Å². The lowest BCUT2D eigenvalue weighted by Crippen LogP contribution is -2.35. The van der Waals surface area contributed by atoms with Gasteiger partial charge < -0.3 is 5.32 Å². The standard InChI is InChI=1S/C15H22ClFN2/c1-11(13-3-4-15(17)14(16)9-13)19(2)10-12-5-7-18-8-6-12/h3-4,9,11-12,18H,5-8,10H2,1-2H3. The molecule has 1 fully saturated rings. The molecule has 1 atom stereocenters. The zero-order chi connectivity index (χ0) is 13.8. The maximum absolute atomic E-state index is 13.2. The molecule has 0 amide bonds. The molecule has 2 nitrogen and oxygen atoms in total. The van der Waals surface area contributed by atoms with Crippen molar-refractivity contribution in [2.75, 3.05) is 26.7 Å². The van der Waals surface area contributed by atoms with Gasteiger partial charge in [0.25, 0.3) is 0 Å². The Balaban J connectivity index is 1.97. The minimum atomic E-state index is -0.348. The van der Waals surface area contributed by atoms with E-state index in [1.807, 2.05) is 6.07 Å². The third kappa shape index (κ3) is 3.91. The van der Waals surface area contributed by atoms with Gasteiger partial charge in [-0.15, -0.1) is 0 Å². The lowest BCUT2D eigenvalue weighted by molar-refractivity contribution is 0.196. The lowest BCUT2D eigenvalue weighted by Gasteiger charge is -2.31. The summed E-state index contributed by atoms with van der Waals surface area (Å²) < 4.78 is 13.2. The Morgan fingerprint density at radius 1 is 1.42 bits per heavy atom. The summed E-state index contributed by atoms with van der Waals surface area (Å²) in [6.07, 6.45) is 2.47. The van der Waals surface area contributed by atoms with Crippen molar-refractivity contribution in [2.24, 2.45) is 5.92 Å². The Hall–Kier alpha value is -0.640. The highest BCUT2D eigenvalue weighted by Crippen LogP contribution is 2.25. The number of hydrogen-bond donors (Lipinski definition) is 1. The van der Waals surface area contributed by atoms with Crippen LogP contribution < -0.4 is 5.32 Å². The van der Waals surface area contributed by atoms with Gasteiger partial charge in [-0.05, 0) is 63.5 Å². The normalized spacial score (nSPS) is 18.8. The predicted octanol–water partition coefficient (Wildman–Crippen LogP) is 3.47. The second-order valence-corrected chi connectivity index (χ2v) is 5.89. The molecule has 0 aromatic heterocycles. The SMILES string of the molecule is CC(c1ccc(F)c(Cl)c1)N(C)CC1CCNCC1. The van der Waals surface area contributed by atoms with Crippen LogP contribution in [0.4, 0.5) is 4.39 Å². The first-order chi connectivity index (χ1) is 9.08. The summed E-state index contributed by atoms with van der Waals surface area (Å²) in [4.78, 5) is 2.33. The van der Waals surface area contributed by atoms with Gasteiger partial charge in [-0.3, -0.25) is 4.90 Å². The molecule has 106 valence electrons. The van der Waals surface area contributed by atoms with Gasteiger partial charge in [0.1, 0.15) is 5.82 Å². The van der Waals surface area contributed by atoms with Gasteiger partial charge >= 0.3 is 0 Å². The molecular formula is C15H22ClFN2. The summed E-state index contributed by atoms with van der Waals surface area (Å²) in [6, 6.07) is 5.27. The molecule has 0 aliphatic carbocycles. The molecule has 0 saturated carbocycles. The molecule has 1 N–H and O–H groups in total. The fourth-order valence-corrected chi connectivity index (χ4v) is 2.85. The van der Waals surface area contributed by atoms with E-state index in [2.05, 4.69) is 24.2 Å². The molecule has 0 bridgehead atoms. The van der Waals surface area contributed by atoms with Crippen LogP contribution in [0.5, 0.6) is 0 Å². The van der Waals surface area contributed by atoms with Crippen LogP contribution in [0, 0.1) is 11.7 Å². The van der Waals surface area contributed by atoms with Crippen molar-refractivity contribution in [3.63, 3.8) is 0 Å². The van der Waals surface area contributed by atoms with Gasteiger partial charge in [0.2, 0.25) is 0 Å². The summed E-state index contributed by atoms with van der Waals surface area (Å²) >= 11 is 5.85. The van der Waals surface area contributed by atoms with Crippen molar-refractivity contribution in [3.05, 3.63) is 34.6 Å². The molecule has 1 aromatic carbocycles. The van der Waals surface area contributed by atoms with Gasteiger partial charge in [-0.2, -0.15) is 0 Å². The van der Waals surface area contributed by atoms with E-state index in [0.717, 1.165) is 31.1 Å². The maximum atomic E-state index is 13.2. The van der Waals surface area contributed by atoms with Crippen LogP contribution in [-0.4, -0.2) is 31.6 Å². The van der Waals surface area contributed by atoms with Gasteiger partial charge in [0, 0.05) is 12.6 Å². The minimum Gasteiger partial charge on any atom is -0.317 e. The van der Waals surface area contributed by atoms with Crippen LogP contribution in [-0.2, 0) is 0 Å². The van der Waals surface area contributed by atoms with Crippen LogP contribution >= 0.6 is 11.6 Å². The maximum Gasteiger partial charge on any atom is 0.141 e. The number of halogens is 2. The molecule has 1 aromatic rings. The molecule has 1 unspecified atom stereocenters. The van der Waals surface area contributed by atoms with E-state index < -0.39 is 0 Å². The largest absolute Gasteiger partial charge is 0.317 e. The first-order valence-corrected chi connectivity index (χ1v) is 7.31. The number of hydrogen-bond acceptors (Lipinski definition) is 2. The summed E-state index contributed by atoms with van der Waals surface area (Å²) in [7, 11) is 2.13. The van der Waals surface area contributed by atoms with E-state index in [-0.39, 0.29) is 16.9 Å². The van der Waals surface area contributed by atoms with Crippen LogP contribution in [0.15, 0.2) is 18.2 Å². The predicted molar refractivity (Wildman–Crippen MR) is 78.0 cm³/mol. The Kier molecular flexibility index (Phi) is 5.20. The quantitative estimate of drug-likeness (QED) is 0.911. The zero-order valence-corrected chi connectivity index (χ0v) is 12.4. The third-order valence-electron chi connectivity index (χ3n) is 4.09. The fourth-order valence-electron chi connectivity index (χ4n) is 2.66. The second kappa shape index (κ2) is 6.69. The van der Waals surface area contributed by atoms with Crippen molar-refractivity contribution < 1.29 is 4.39 Å². The molecule has 0 spiro atoms. The Morgan fingerprint density at radius 3 is 2.74 bits per heavy atom. The van der Waals surface area contributed by atoms with E-state index in [4.69, 9.17) is 11.6 Å².